The summed E-state index contributed by atoms with van der Waals surface area (Å²) in [5, 5.41) is 23.9. The molecule has 42 heavy (non-hydrogen) atoms. The van der Waals surface area contributed by atoms with Crippen LogP contribution in [0, 0.1) is 5.82 Å². The average Bonchev–Trinajstić information content (AvgIpc) is 3.54. The van der Waals surface area contributed by atoms with Crippen molar-refractivity contribution in [3.05, 3.63) is 64.7 Å². The van der Waals surface area contributed by atoms with Crippen LogP contribution in [0.5, 0.6) is 0 Å². The predicted octanol–water partition coefficient (Wildman–Crippen LogP) is 3.70. The lowest BCUT2D eigenvalue weighted by Crippen LogP contribution is -2.47. The highest BCUT2D eigenvalue weighted by Gasteiger charge is 2.48. The first kappa shape index (κ1) is 30.4. The monoisotopic (exact) mass is 592 g/mol. The lowest BCUT2D eigenvalue weighted by molar-refractivity contribution is -0.137. The molecule has 3 aliphatic rings. The number of nitrogens with zero attached hydrogens (tertiary/aromatic N) is 3. The Morgan fingerprint density at radius 3 is 2.38 bits per heavy atom. The molecule has 2 amide bonds. The third-order valence-electron chi connectivity index (χ3n) is 9.03. The van der Waals surface area contributed by atoms with Crippen molar-refractivity contribution in [1.82, 2.24) is 20.1 Å². The van der Waals surface area contributed by atoms with E-state index < -0.39 is 34.7 Å². The van der Waals surface area contributed by atoms with E-state index >= 15 is 0 Å². The van der Waals surface area contributed by atoms with Crippen LogP contribution < -0.4 is 5.32 Å². The molecule has 0 bridgehead atoms. The van der Waals surface area contributed by atoms with E-state index in [2.05, 4.69) is 15.2 Å². The number of aliphatic hydroxyl groups is 2. The fourth-order valence-corrected chi connectivity index (χ4v) is 6.74. The molecule has 2 atom stereocenters. The summed E-state index contributed by atoms with van der Waals surface area (Å²) in [4.78, 5) is 33.8. The number of amides is 2. The van der Waals surface area contributed by atoms with E-state index in [9.17, 15) is 37.4 Å². The second-order valence-corrected chi connectivity index (χ2v) is 12.2. The summed E-state index contributed by atoms with van der Waals surface area (Å²) in [5.41, 5.74) is -3.40. The number of fused-ring (bicyclic) bond motifs is 1. The van der Waals surface area contributed by atoms with Crippen molar-refractivity contribution in [2.24, 2.45) is 0 Å². The van der Waals surface area contributed by atoms with Crippen LogP contribution in [0.1, 0.15) is 79.6 Å². The van der Waals surface area contributed by atoms with Gasteiger partial charge >= 0.3 is 6.18 Å². The minimum absolute atomic E-state index is 0.00179. The molecular weight excluding hydrogens is 556 g/mol. The number of aromatic nitrogens is 1. The van der Waals surface area contributed by atoms with Crippen molar-refractivity contribution in [3.8, 4) is 0 Å². The van der Waals surface area contributed by atoms with Gasteiger partial charge in [0, 0.05) is 48.5 Å². The Bertz CT molecular complexity index is 1340. The molecule has 1 aliphatic carbocycles. The van der Waals surface area contributed by atoms with Crippen molar-refractivity contribution in [1.29, 1.82) is 0 Å². The standard InChI is InChI=1S/C30H36F4N4O4/c1-28(2,41)20-15-22(31)26(35-16-20)29(42)10-6-21(7-11-29)37-12-8-24-23(37)9-13-38(24)25(39)17-36-27(40)18-4-3-5-19(14-18)30(32,33)34/h3-5,14-16,21,23-24,41-42H,6-13,17H2,1-2H3,(H,36,40)/t21?,23-,24-,29?/m1/s1. The van der Waals surface area contributed by atoms with Gasteiger partial charge in [-0.2, -0.15) is 13.2 Å². The van der Waals surface area contributed by atoms with Gasteiger partial charge in [0.1, 0.15) is 17.1 Å². The summed E-state index contributed by atoms with van der Waals surface area (Å²) in [6, 6.07) is 5.57. The van der Waals surface area contributed by atoms with Gasteiger partial charge in [0.15, 0.2) is 0 Å². The molecule has 3 fully saturated rings. The minimum Gasteiger partial charge on any atom is -0.386 e. The first-order chi connectivity index (χ1) is 19.7. The van der Waals surface area contributed by atoms with Gasteiger partial charge in [-0.25, -0.2) is 4.39 Å². The van der Waals surface area contributed by atoms with Gasteiger partial charge < -0.3 is 20.4 Å². The lowest BCUT2D eigenvalue weighted by Gasteiger charge is -2.41. The molecule has 1 saturated carbocycles. The Labute approximate surface area is 241 Å². The Hall–Kier alpha value is -3.09. The zero-order chi connectivity index (χ0) is 30.4. The zero-order valence-electron chi connectivity index (χ0n) is 23.6. The van der Waals surface area contributed by atoms with Gasteiger partial charge in [0.2, 0.25) is 5.91 Å². The number of carbonyl (C=O) groups is 2. The fourth-order valence-electron chi connectivity index (χ4n) is 6.74. The molecule has 0 spiro atoms. The number of nitrogens with one attached hydrogen (secondary N) is 1. The molecule has 1 aromatic carbocycles. The van der Waals surface area contributed by atoms with Crippen LogP contribution >= 0.6 is 0 Å². The fraction of sp³-hybridized carbons (Fsp3) is 0.567. The number of benzene rings is 1. The number of alkyl halides is 3. The second kappa shape index (κ2) is 11.2. The molecule has 2 saturated heterocycles. The lowest BCUT2D eigenvalue weighted by atomic mass is 9.78. The van der Waals surface area contributed by atoms with Crippen LogP contribution in [-0.2, 0) is 22.2 Å². The van der Waals surface area contributed by atoms with Crippen molar-refractivity contribution in [2.75, 3.05) is 19.6 Å². The summed E-state index contributed by atoms with van der Waals surface area (Å²) < 4.78 is 53.9. The minimum atomic E-state index is -4.57. The number of hydrogen-bond donors (Lipinski definition) is 3. The number of hydrogen-bond acceptors (Lipinski definition) is 6. The first-order valence-corrected chi connectivity index (χ1v) is 14.3. The topological polar surface area (TPSA) is 106 Å². The third-order valence-corrected chi connectivity index (χ3v) is 9.03. The molecule has 2 aliphatic heterocycles. The highest BCUT2D eigenvalue weighted by Crippen LogP contribution is 2.42. The highest BCUT2D eigenvalue weighted by atomic mass is 19.4. The van der Waals surface area contributed by atoms with Crippen LogP contribution in [-0.4, -0.2) is 74.6 Å². The maximum absolute atomic E-state index is 14.9. The largest absolute Gasteiger partial charge is 0.416 e. The van der Waals surface area contributed by atoms with Crippen LogP contribution in [0.4, 0.5) is 17.6 Å². The Morgan fingerprint density at radius 1 is 1.05 bits per heavy atom. The van der Waals surface area contributed by atoms with Crippen molar-refractivity contribution < 1.29 is 37.4 Å². The quantitative estimate of drug-likeness (QED) is 0.442. The predicted molar refractivity (Wildman–Crippen MR) is 145 cm³/mol. The summed E-state index contributed by atoms with van der Waals surface area (Å²) in [5.74, 6) is -1.66. The molecular formula is C30H36F4N4O4. The summed E-state index contributed by atoms with van der Waals surface area (Å²) in [6.45, 7) is 4.07. The molecule has 3 heterocycles. The van der Waals surface area contributed by atoms with E-state index in [4.69, 9.17) is 0 Å². The van der Waals surface area contributed by atoms with E-state index in [0.717, 1.165) is 37.6 Å². The molecule has 12 heteroatoms. The van der Waals surface area contributed by atoms with Gasteiger partial charge in [0.25, 0.3) is 5.91 Å². The summed E-state index contributed by atoms with van der Waals surface area (Å²) in [7, 11) is 0. The normalized spacial score (nSPS) is 26.8. The molecule has 3 N–H and O–H groups in total. The molecule has 2 aromatic rings. The van der Waals surface area contributed by atoms with E-state index in [1.807, 2.05) is 0 Å². The van der Waals surface area contributed by atoms with Gasteiger partial charge in [0.05, 0.1) is 17.7 Å². The molecule has 5 rings (SSSR count). The Kier molecular flexibility index (Phi) is 8.10. The smallest absolute Gasteiger partial charge is 0.386 e. The second-order valence-electron chi connectivity index (χ2n) is 12.2. The van der Waals surface area contributed by atoms with E-state index in [-0.39, 0.29) is 41.8 Å². The van der Waals surface area contributed by atoms with E-state index in [1.54, 1.807) is 18.7 Å². The zero-order valence-corrected chi connectivity index (χ0v) is 23.6. The van der Waals surface area contributed by atoms with Gasteiger partial charge in [-0.15, -0.1) is 0 Å². The Morgan fingerprint density at radius 2 is 1.74 bits per heavy atom. The summed E-state index contributed by atoms with van der Waals surface area (Å²) >= 11 is 0. The van der Waals surface area contributed by atoms with Crippen molar-refractivity contribution in [3.63, 3.8) is 0 Å². The van der Waals surface area contributed by atoms with Crippen molar-refractivity contribution in [2.45, 2.75) is 87.9 Å². The number of halogens is 4. The van der Waals surface area contributed by atoms with Crippen LogP contribution in [0.2, 0.25) is 0 Å². The number of carbonyl (C=O) groups excluding carboxylic acids is 2. The van der Waals surface area contributed by atoms with Gasteiger partial charge in [-0.05, 0) is 76.6 Å². The van der Waals surface area contributed by atoms with Crippen LogP contribution in [0.3, 0.4) is 0 Å². The number of rotatable bonds is 6. The molecule has 0 unspecified atom stereocenters. The maximum atomic E-state index is 14.9. The van der Waals surface area contributed by atoms with Gasteiger partial charge in [-0.3, -0.25) is 19.5 Å². The highest BCUT2D eigenvalue weighted by molar-refractivity contribution is 5.96. The van der Waals surface area contributed by atoms with E-state index in [0.29, 0.717) is 37.8 Å². The maximum Gasteiger partial charge on any atom is 0.416 e. The van der Waals surface area contributed by atoms with Crippen LogP contribution in [0.15, 0.2) is 36.5 Å². The molecule has 1 aromatic heterocycles. The molecule has 0 radical (unpaired) electrons. The Balaban J connectivity index is 1.15. The first-order valence-electron chi connectivity index (χ1n) is 14.3. The van der Waals surface area contributed by atoms with Gasteiger partial charge in [-0.1, -0.05) is 6.07 Å². The van der Waals surface area contributed by atoms with Crippen molar-refractivity contribution >= 4 is 11.8 Å². The number of likely N-dealkylation sites (tertiary alicyclic amines) is 2. The number of pyridine rings is 1. The third kappa shape index (κ3) is 6.02. The summed E-state index contributed by atoms with van der Waals surface area (Å²) in [6.07, 6.45) is 0.284. The van der Waals surface area contributed by atoms with E-state index in [1.165, 1.54) is 18.3 Å². The molecule has 228 valence electrons. The average molecular weight is 593 g/mol. The van der Waals surface area contributed by atoms with Crippen LogP contribution in [0.25, 0.3) is 0 Å². The SMILES string of the molecule is CC(C)(O)c1cnc(C2(O)CCC(N3CC[C@@H]4[C@H]3CCN4C(=O)CNC(=O)c3cccc(C(F)(F)F)c3)CC2)c(F)c1. The molecule has 8 nitrogen and oxygen atoms in total.